The van der Waals surface area contributed by atoms with E-state index in [1.54, 1.807) is 13.8 Å². The van der Waals surface area contributed by atoms with Gasteiger partial charge in [0.25, 0.3) is 0 Å². The van der Waals surface area contributed by atoms with E-state index in [0.717, 1.165) is 6.07 Å². The van der Waals surface area contributed by atoms with E-state index in [2.05, 4.69) is 0 Å². The van der Waals surface area contributed by atoms with Crippen molar-refractivity contribution in [2.24, 2.45) is 5.73 Å². The zero-order valence-electron chi connectivity index (χ0n) is 9.76. The van der Waals surface area contributed by atoms with Gasteiger partial charge < -0.3 is 10.5 Å². The van der Waals surface area contributed by atoms with Crippen LogP contribution in [0.1, 0.15) is 32.3 Å². The molecule has 0 heterocycles. The van der Waals surface area contributed by atoms with Crippen LogP contribution in [-0.2, 0) is 0 Å². The van der Waals surface area contributed by atoms with Gasteiger partial charge in [-0.1, -0.05) is 13.0 Å². The lowest BCUT2D eigenvalue weighted by atomic mass is 10.00. The molecule has 0 amide bonds. The summed E-state index contributed by atoms with van der Waals surface area (Å²) >= 11 is 0. The molecular formula is C12H17F2NO. The molecule has 0 saturated heterocycles. The Morgan fingerprint density at radius 3 is 2.38 bits per heavy atom. The minimum Gasteiger partial charge on any atom is -0.488 e. The van der Waals surface area contributed by atoms with E-state index in [4.69, 9.17) is 10.5 Å². The number of hydrogen-bond acceptors (Lipinski definition) is 2. The van der Waals surface area contributed by atoms with Crippen molar-refractivity contribution in [3.8, 4) is 5.75 Å². The Bertz CT molecular complexity index is 366. The van der Waals surface area contributed by atoms with E-state index < -0.39 is 11.6 Å². The molecule has 1 aromatic carbocycles. The van der Waals surface area contributed by atoms with Gasteiger partial charge in [0.2, 0.25) is 5.82 Å². The Balaban J connectivity index is 3.21. The fourth-order valence-electron chi connectivity index (χ4n) is 1.42. The lowest BCUT2D eigenvalue weighted by Crippen LogP contribution is -2.15. The third kappa shape index (κ3) is 2.70. The van der Waals surface area contributed by atoms with Crippen LogP contribution in [0.5, 0.6) is 5.75 Å². The number of rotatable bonds is 4. The molecular weight excluding hydrogens is 212 g/mol. The highest BCUT2D eigenvalue weighted by atomic mass is 19.2. The van der Waals surface area contributed by atoms with Gasteiger partial charge in [0.1, 0.15) is 0 Å². The molecule has 4 heteroatoms. The van der Waals surface area contributed by atoms with E-state index in [9.17, 15) is 8.78 Å². The fourth-order valence-corrected chi connectivity index (χ4v) is 1.42. The van der Waals surface area contributed by atoms with Gasteiger partial charge in [-0.05, 0) is 32.4 Å². The third-order valence-corrected chi connectivity index (χ3v) is 2.32. The van der Waals surface area contributed by atoms with Crippen molar-refractivity contribution < 1.29 is 13.5 Å². The zero-order chi connectivity index (χ0) is 12.3. The van der Waals surface area contributed by atoms with Gasteiger partial charge in [-0.15, -0.1) is 0 Å². The first kappa shape index (κ1) is 12.9. The Morgan fingerprint density at radius 1 is 1.25 bits per heavy atom. The minimum atomic E-state index is -0.938. The first-order valence-corrected chi connectivity index (χ1v) is 5.32. The van der Waals surface area contributed by atoms with Crippen molar-refractivity contribution in [1.29, 1.82) is 0 Å². The van der Waals surface area contributed by atoms with Gasteiger partial charge in [0.15, 0.2) is 11.6 Å². The van der Waals surface area contributed by atoms with Gasteiger partial charge >= 0.3 is 0 Å². The average Bonchev–Trinajstić information content (AvgIpc) is 2.23. The standard InChI is InChI=1S/C12H17F2NO/c1-7(2)16-12-9(8(3)6-15)4-5-10(13)11(12)14/h4-5,7-8H,6,15H2,1-3H3. The van der Waals surface area contributed by atoms with Crippen LogP contribution in [0.4, 0.5) is 8.78 Å². The second kappa shape index (κ2) is 5.25. The van der Waals surface area contributed by atoms with Crippen molar-refractivity contribution in [3.63, 3.8) is 0 Å². The second-order valence-corrected chi connectivity index (χ2v) is 4.08. The maximum Gasteiger partial charge on any atom is 0.200 e. The molecule has 0 bridgehead atoms. The Morgan fingerprint density at radius 2 is 1.88 bits per heavy atom. The van der Waals surface area contributed by atoms with Crippen LogP contribution < -0.4 is 10.5 Å². The molecule has 90 valence electrons. The summed E-state index contributed by atoms with van der Waals surface area (Å²) in [4.78, 5) is 0. The first-order chi connectivity index (χ1) is 7.47. The summed E-state index contributed by atoms with van der Waals surface area (Å²) in [6, 6.07) is 2.62. The smallest absolute Gasteiger partial charge is 0.200 e. The molecule has 1 unspecified atom stereocenters. The molecule has 1 atom stereocenters. The van der Waals surface area contributed by atoms with Gasteiger partial charge in [-0.3, -0.25) is 0 Å². The molecule has 0 radical (unpaired) electrons. The summed E-state index contributed by atoms with van der Waals surface area (Å²) in [6.45, 7) is 5.74. The fraction of sp³-hybridized carbons (Fsp3) is 0.500. The summed E-state index contributed by atoms with van der Waals surface area (Å²) in [6.07, 6.45) is -0.208. The van der Waals surface area contributed by atoms with Crippen LogP contribution in [0, 0.1) is 11.6 Å². The number of nitrogens with two attached hydrogens (primary N) is 1. The Hall–Kier alpha value is -1.16. The Labute approximate surface area is 94.4 Å². The van der Waals surface area contributed by atoms with Gasteiger partial charge in [-0.2, -0.15) is 4.39 Å². The lowest BCUT2D eigenvalue weighted by Gasteiger charge is -2.18. The number of benzene rings is 1. The van der Waals surface area contributed by atoms with Crippen LogP contribution >= 0.6 is 0 Å². The van der Waals surface area contributed by atoms with Gasteiger partial charge in [0.05, 0.1) is 6.10 Å². The first-order valence-electron chi connectivity index (χ1n) is 5.32. The third-order valence-electron chi connectivity index (χ3n) is 2.32. The maximum atomic E-state index is 13.6. The number of hydrogen-bond donors (Lipinski definition) is 1. The van der Waals surface area contributed by atoms with E-state index in [1.165, 1.54) is 6.07 Å². The SMILES string of the molecule is CC(C)Oc1c(C(C)CN)ccc(F)c1F. The molecule has 0 fully saturated rings. The van der Waals surface area contributed by atoms with E-state index >= 15 is 0 Å². The molecule has 0 aromatic heterocycles. The van der Waals surface area contributed by atoms with Crippen LogP contribution in [-0.4, -0.2) is 12.6 Å². The van der Waals surface area contributed by atoms with Gasteiger partial charge in [-0.25, -0.2) is 4.39 Å². The molecule has 2 N–H and O–H groups in total. The molecule has 1 rings (SSSR count). The second-order valence-electron chi connectivity index (χ2n) is 4.08. The largest absolute Gasteiger partial charge is 0.488 e. The quantitative estimate of drug-likeness (QED) is 0.861. The molecule has 0 aliphatic heterocycles. The van der Waals surface area contributed by atoms with Crippen molar-refractivity contribution in [3.05, 3.63) is 29.3 Å². The summed E-state index contributed by atoms with van der Waals surface area (Å²) < 4.78 is 32.0. The highest BCUT2D eigenvalue weighted by molar-refractivity contribution is 5.38. The van der Waals surface area contributed by atoms with Crippen molar-refractivity contribution in [2.45, 2.75) is 32.8 Å². The highest BCUT2D eigenvalue weighted by Gasteiger charge is 2.19. The van der Waals surface area contributed by atoms with E-state index in [1.807, 2.05) is 6.92 Å². The topological polar surface area (TPSA) is 35.2 Å². The van der Waals surface area contributed by atoms with Crippen molar-refractivity contribution in [2.75, 3.05) is 6.54 Å². The number of halogens is 2. The predicted octanol–water partition coefficient (Wildman–Crippen LogP) is 2.81. The normalized spacial score (nSPS) is 12.9. The lowest BCUT2D eigenvalue weighted by molar-refractivity contribution is 0.224. The molecule has 0 aliphatic rings. The maximum absolute atomic E-state index is 13.6. The predicted molar refractivity (Wildman–Crippen MR) is 59.6 cm³/mol. The summed E-state index contributed by atoms with van der Waals surface area (Å²) in [5.41, 5.74) is 6.13. The van der Waals surface area contributed by atoms with Crippen LogP contribution in [0.15, 0.2) is 12.1 Å². The molecule has 1 aromatic rings. The van der Waals surface area contributed by atoms with Gasteiger partial charge in [0, 0.05) is 5.56 Å². The van der Waals surface area contributed by atoms with Crippen LogP contribution in [0.2, 0.25) is 0 Å². The van der Waals surface area contributed by atoms with Crippen LogP contribution in [0.25, 0.3) is 0 Å². The van der Waals surface area contributed by atoms with E-state index in [-0.39, 0.29) is 17.8 Å². The molecule has 0 aliphatic carbocycles. The van der Waals surface area contributed by atoms with E-state index in [0.29, 0.717) is 12.1 Å². The summed E-state index contributed by atoms with van der Waals surface area (Å²) in [5.74, 6) is -1.92. The van der Waals surface area contributed by atoms with Crippen LogP contribution in [0.3, 0.4) is 0 Å². The highest BCUT2D eigenvalue weighted by Crippen LogP contribution is 2.31. The molecule has 16 heavy (non-hydrogen) atoms. The monoisotopic (exact) mass is 229 g/mol. The zero-order valence-corrected chi connectivity index (χ0v) is 9.76. The molecule has 2 nitrogen and oxygen atoms in total. The van der Waals surface area contributed by atoms with Crippen molar-refractivity contribution >= 4 is 0 Å². The average molecular weight is 229 g/mol. The molecule has 0 saturated carbocycles. The van der Waals surface area contributed by atoms with Crippen molar-refractivity contribution in [1.82, 2.24) is 0 Å². The Kier molecular flexibility index (Phi) is 4.24. The summed E-state index contributed by atoms with van der Waals surface area (Å²) in [5, 5.41) is 0. The summed E-state index contributed by atoms with van der Waals surface area (Å²) in [7, 11) is 0. The molecule has 0 spiro atoms. The number of ether oxygens (including phenoxy) is 1. The minimum absolute atomic E-state index is 0.0204.